The van der Waals surface area contributed by atoms with Crippen LogP contribution in [0.25, 0.3) is 0 Å². The highest BCUT2D eigenvalue weighted by Gasteiger charge is 2.47. The van der Waals surface area contributed by atoms with Gasteiger partial charge in [0, 0.05) is 197 Å². The summed E-state index contributed by atoms with van der Waals surface area (Å²) >= 11 is 0. The molecule has 0 amide bonds. The summed E-state index contributed by atoms with van der Waals surface area (Å²) in [4.78, 5) is 60.6. The lowest BCUT2D eigenvalue weighted by Gasteiger charge is -2.47. The van der Waals surface area contributed by atoms with Crippen molar-refractivity contribution in [3.8, 4) is 46.0 Å². The van der Waals surface area contributed by atoms with Crippen molar-refractivity contribution in [2.45, 2.75) is 259 Å². The van der Waals surface area contributed by atoms with Gasteiger partial charge in [-0.05, 0) is 191 Å². The molecule has 120 heavy (non-hydrogen) atoms. The molecule has 16 unspecified atom stereocenters. The molecule has 4 aromatic rings. The molecule has 0 spiro atoms. The monoisotopic (exact) mass is 1750 g/mol. The molecule has 8 N–H and O–H groups in total. The van der Waals surface area contributed by atoms with Crippen LogP contribution in [0.5, 0.6) is 46.0 Å². The van der Waals surface area contributed by atoms with Gasteiger partial charge in [0.15, 0.2) is 46.0 Å². The van der Waals surface area contributed by atoms with Gasteiger partial charge in [-0.15, -0.1) is 0 Å². The zero-order valence-corrected chi connectivity index (χ0v) is 67.6. The van der Waals surface area contributed by atoms with Crippen LogP contribution in [-0.4, -0.2) is 201 Å². The number of hydrogen-bond acceptors (Lipinski definition) is 24. The smallest absolute Gasteiger partial charge is 0.323 e. The van der Waals surface area contributed by atoms with E-state index in [0.29, 0.717) is 11.1 Å². The number of esters is 4. The SMILES string of the molecule is [2H]c1c2c(c([2H])c(OC)c1OC([2H])([2H])[2H])C1CC([2H])(OC(=O)[C@@]([2H])(N)C([2H])(C([2H])([2H])[2H])C([2H])([2H])[2H])C(C([2H])([2H])C([2H])(C)C([2H])([2H])[2H])CN1CC2.[2H]c1c2c(c([2H])c(OC)c1OC([2H])([2H])[2H])C1CC([2H])(OC(=O)[C@@]([2H])(N)C([2H])(C([2H])([2H])[2H])C([2H])([2H])[2H])C(C([2H])([2H])C([2H])(C)C([2H])([2H])[2H])CN1CC2.[2H]c1c2c(c([2H])c(OC)c1OC)C1CC([2H])(OC(=O)[C@@]([2H])(N)C([2H])(C([2H])([2H])[2H])C([2H])([2H])[2H])C(C([2H])([2H])C([2H])(C)C([2H])([2H])[2H])CN1CC2.[2H]c1c2c(c([2H])c(OC)c1OC)C1CC([2H])(OC(=O)[C@@]([2H])(N)C([2H])(C([2H])([2H])[2H])C([2H])([2H])[2H])C(C([2H])([2H])C([2H])(C)C([2H])([2H])[2H])CN1CC2. The van der Waals surface area contributed by atoms with Crippen LogP contribution in [0.2, 0.25) is 0 Å². The first-order chi connectivity index (χ1) is 85.9. The van der Waals surface area contributed by atoms with Gasteiger partial charge in [-0.3, -0.25) is 38.8 Å². The average Bonchev–Trinajstić information content (AvgIpc) is 0.705. The fraction of sp³-hybridized carbons (Fsp3) is 0.708. The number of benzene rings is 4. The van der Waals surface area contributed by atoms with Crippen LogP contribution in [-0.2, 0) is 63.8 Å². The van der Waals surface area contributed by atoms with E-state index in [2.05, 4.69) is 0 Å². The van der Waals surface area contributed by atoms with Crippen molar-refractivity contribution in [1.82, 2.24) is 19.6 Å². The standard InChI is InChI=1S/4C24H38N2O4/c4*1-14(2)9-17-13-26-8-7-16-10-21(28-5)22(29-6)11-18(16)19(26)12-20(17)30-24(27)23(25)15(3)4/h4*10-11,14-15,17,19-20,23H,7-9,12-13,25H2,1-6H3/t4*17?,19?,20?,23-/m0000/s1/i2*1D3,3D3,4D3,5D3,9D2,10D,11D,14D,15D,20D,23D;2*1D3,3D3,4D3,9D2,10D,11D,14D,15D,20D,23D/t4*14?,17?,19?,20?,23-. The van der Waals surface area contributed by atoms with Gasteiger partial charge in [-0.2, -0.15) is 0 Å². The summed E-state index contributed by atoms with van der Waals surface area (Å²) < 4.78 is 667. The Balaban J connectivity index is 0.000000281. The lowest BCUT2D eigenvalue weighted by atomic mass is 9.79. The molecule has 8 aliphatic rings. The molecule has 8 heterocycles. The first-order valence-corrected chi connectivity index (χ1v) is 37.2. The molecule has 20 atom stereocenters. The maximum Gasteiger partial charge on any atom is 0.323 e. The predicted octanol–water partition coefficient (Wildman–Crippen LogP) is 14.3. The van der Waals surface area contributed by atoms with Gasteiger partial charge in [0.25, 0.3) is 0 Å². The molecule has 4 aromatic carbocycles. The number of methoxy groups -OCH3 is 8. The van der Waals surface area contributed by atoms with E-state index in [1.807, 2.05) is 0 Å². The number of piperidine rings is 4. The minimum atomic E-state index is -4.07. The van der Waals surface area contributed by atoms with E-state index in [1.165, 1.54) is 38.2 Å². The number of nitrogens with zero attached hydrogens (tertiary/aromatic N) is 4. The Hall–Kier alpha value is -7.16. The Morgan fingerprint density at radius 1 is 0.358 bits per heavy atom. The summed E-state index contributed by atoms with van der Waals surface area (Å²) in [5.74, 6) is -47.9. The summed E-state index contributed by atoms with van der Waals surface area (Å²) in [6.07, 6.45) is -28.5. The lowest BCUT2D eigenvalue weighted by Crippen LogP contribution is -2.51. The number of rotatable bonds is 28. The van der Waals surface area contributed by atoms with Gasteiger partial charge in [0.1, 0.15) is 48.4 Å². The van der Waals surface area contributed by atoms with Gasteiger partial charge < -0.3 is 79.8 Å². The third kappa shape index (κ3) is 23.8. The zero-order valence-electron chi connectivity index (χ0n) is 142. The Labute approximate surface area is 822 Å². The van der Waals surface area contributed by atoms with Crippen LogP contribution in [0.4, 0.5) is 0 Å². The van der Waals surface area contributed by atoms with E-state index < -0.39 is 388 Å². The third-order valence-electron chi connectivity index (χ3n) is 20.5. The van der Waals surface area contributed by atoms with Crippen LogP contribution in [0, 0.1) is 70.8 Å². The maximum absolute atomic E-state index is 13.7. The maximum atomic E-state index is 13.7. The van der Waals surface area contributed by atoms with Crippen molar-refractivity contribution in [3.05, 3.63) is 92.8 Å². The van der Waals surface area contributed by atoms with Gasteiger partial charge in [0.2, 0.25) is 0 Å². The molecule has 0 radical (unpaired) electrons. The zero-order chi connectivity index (χ0) is 152. The molecular weight excluding hydrogens is 1520 g/mol. The molecule has 0 aromatic heterocycles. The second-order valence-corrected chi connectivity index (χ2v) is 28.4. The Morgan fingerprint density at radius 3 is 0.742 bits per heavy atom. The van der Waals surface area contributed by atoms with Crippen molar-refractivity contribution in [3.63, 3.8) is 0 Å². The van der Waals surface area contributed by atoms with Crippen molar-refractivity contribution in [2.24, 2.45) is 93.8 Å². The van der Waals surface area contributed by atoms with Crippen LogP contribution in [0.1, 0.15) is 331 Å². The van der Waals surface area contributed by atoms with E-state index in [4.69, 9.17) is 176 Å². The molecule has 0 bridgehead atoms. The van der Waals surface area contributed by atoms with Crippen LogP contribution in [0.3, 0.4) is 0 Å². The molecule has 4 fully saturated rings. The number of nitrogens with two attached hydrogens (primary N) is 4. The lowest BCUT2D eigenvalue weighted by molar-refractivity contribution is -0.161. The summed E-state index contributed by atoms with van der Waals surface area (Å²) in [7, 11) is 1.00. The first-order valence-electron chi connectivity index (χ1n) is 74.2. The molecule has 0 saturated carbocycles. The summed E-state index contributed by atoms with van der Waals surface area (Å²) in [6.45, 7) is -44.1. The molecule has 8 aliphatic heterocycles. The number of fused-ring (bicyclic) bond motifs is 12. The van der Waals surface area contributed by atoms with Crippen molar-refractivity contribution < 1.29 is 177 Å². The highest BCUT2D eigenvalue weighted by atomic mass is 16.6. The molecule has 12 rings (SSSR count). The van der Waals surface area contributed by atoms with Gasteiger partial charge in [0.05, 0.1) is 86.9 Å². The van der Waals surface area contributed by atoms with Crippen LogP contribution >= 0.6 is 0 Å². The minimum absolute atomic E-state index is 0.0444. The molecular formula is C96H152N8O16. The largest absolute Gasteiger partial charge is 0.493 e. The molecule has 24 nitrogen and oxygen atoms in total. The number of carbonyl (C=O) groups is 4. The van der Waals surface area contributed by atoms with Crippen molar-refractivity contribution in [1.29, 1.82) is 0 Å². The molecule has 0 aliphatic carbocycles. The van der Waals surface area contributed by atoms with Crippen LogP contribution in [0.15, 0.2) is 48.3 Å². The van der Waals surface area contributed by atoms with E-state index >= 15 is 0 Å². The van der Waals surface area contributed by atoms with Crippen molar-refractivity contribution >= 4 is 23.9 Å². The van der Waals surface area contributed by atoms with Gasteiger partial charge >= 0.3 is 23.9 Å². The van der Waals surface area contributed by atoms with Crippen molar-refractivity contribution in [2.75, 3.05) is 109 Å². The topological polar surface area (TPSA) is 296 Å². The fourth-order valence-corrected chi connectivity index (χ4v) is 15.0. The summed E-state index contributed by atoms with van der Waals surface area (Å²) in [5, 5.41) is 0. The van der Waals surface area contributed by atoms with E-state index in [0.717, 1.165) is 41.9 Å². The Morgan fingerprint density at radius 2 is 0.558 bits per heavy atom. The third-order valence-corrected chi connectivity index (χ3v) is 20.5. The second-order valence-electron chi connectivity index (χ2n) is 28.4. The quantitative estimate of drug-likeness (QED) is 0.0303. The first kappa shape index (κ1) is 37.2. The van der Waals surface area contributed by atoms with Gasteiger partial charge in [-0.25, -0.2) is 0 Å². The number of hydrogen-bond donors (Lipinski definition) is 4. The Kier molecular flexibility index (Phi) is 13.6. The average molecular weight is 1750 g/mol. The highest BCUT2D eigenvalue weighted by Crippen LogP contribution is 2.50. The van der Waals surface area contributed by atoms with E-state index in [-0.39, 0.29) is 132 Å². The van der Waals surface area contributed by atoms with E-state index in [9.17, 15) is 24.7 Å². The van der Waals surface area contributed by atoms with E-state index in [1.54, 1.807) is 9.80 Å². The molecule has 672 valence electrons. The normalized spacial score (nSPS) is 41.7. The number of ether oxygens (including phenoxy) is 12. The molecule has 24 heteroatoms. The highest BCUT2D eigenvalue weighted by molar-refractivity contribution is 5.77. The minimum Gasteiger partial charge on any atom is -0.493 e. The summed E-state index contributed by atoms with van der Waals surface area (Å²) in [6, 6.07) is -23.5. The second kappa shape index (κ2) is 43.9. The molecule has 4 saturated heterocycles. The van der Waals surface area contributed by atoms with Crippen LogP contribution < -0.4 is 60.8 Å². The Bertz CT molecular complexity index is 6980. The van der Waals surface area contributed by atoms with Gasteiger partial charge in [-0.1, -0.05) is 110 Å². The number of carbonyl (C=O) groups excluding carboxylic acids is 4. The fourth-order valence-electron chi connectivity index (χ4n) is 15.0. The summed E-state index contributed by atoms with van der Waals surface area (Å²) in [5.41, 5.74) is 23.5. The predicted molar refractivity (Wildman–Crippen MR) is 471 cm³/mol.